The summed E-state index contributed by atoms with van der Waals surface area (Å²) in [7, 11) is -2.70. The molecule has 0 bridgehead atoms. The van der Waals surface area contributed by atoms with Crippen molar-refractivity contribution in [2.45, 2.75) is 19.6 Å². The molecule has 0 radical (unpaired) electrons. The summed E-state index contributed by atoms with van der Waals surface area (Å²) in [4.78, 5) is 24.2. The Balaban J connectivity index is 1.29. The largest absolute Gasteiger partial charge is 0.527 e. The first-order valence-corrected chi connectivity index (χ1v) is 18.1. The van der Waals surface area contributed by atoms with Crippen molar-refractivity contribution in [3.8, 4) is 11.5 Å². The van der Waals surface area contributed by atoms with Gasteiger partial charge in [0.25, 0.3) is 0 Å². The Kier molecular flexibility index (Phi) is 13.3. The van der Waals surface area contributed by atoms with Crippen molar-refractivity contribution in [3.05, 3.63) is 167 Å². The Bertz CT molecular complexity index is 1870. The van der Waals surface area contributed by atoms with Crippen LogP contribution in [0.2, 0.25) is 0 Å². The number of alkyl halides is 1. The van der Waals surface area contributed by atoms with E-state index in [0.29, 0.717) is 24.6 Å². The van der Waals surface area contributed by atoms with Crippen LogP contribution in [0.5, 0.6) is 11.5 Å². The number of benzene rings is 5. The van der Waals surface area contributed by atoms with Crippen molar-refractivity contribution in [3.63, 3.8) is 0 Å². The first-order chi connectivity index (χ1) is 24.3. The molecule has 0 aromatic heterocycles. The van der Waals surface area contributed by atoms with Crippen LogP contribution in [-0.4, -0.2) is 42.0 Å². The number of nitrogens with zero attached hydrogens (tertiary/aromatic N) is 1. The van der Waals surface area contributed by atoms with Gasteiger partial charge in [0.1, 0.15) is 24.7 Å². The molecule has 5 aromatic carbocycles. The number of allylic oxidation sites excluding steroid dienone is 1. The molecule has 0 fully saturated rings. The van der Waals surface area contributed by atoms with E-state index in [2.05, 4.69) is 0 Å². The van der Waals surface area contributed by atoms with Crippen LogP contribution < -0.4 is 9.26 Å². The number of ether oxygens (including phenoxy) is 2. The molecule has 1 N–H and O–H groups in total. The molecule has 0 saturated carbocycles. The van der Waals surface area contributed by atoms with Gasteiger partial charge in [0.2, 0.25) is 0 Å². The van der Waals surface area contributed by atoms with Gasteiger partial charge in [0, 0.05) is 12.9 Å². The van der Waals surface area contributed by atoms with Crippen LogP contribution in [0.1, 0.15) is 34.2 Å². The van der Waals surface area contributed by atoms with Crippen LogP contribution in [0, 0.1) is 0 Å². The number of halogens is 1. The fourth-order valence-corrected chi connectivity index (χ4v) is 6.12. The molecule has 50 heavy (non-hydrogen) atoms. The lowest BCUT2D eigenvalue weighted by Gasteiger charge is -2.19. The Labute approximate surface area is 298 Å². The van der Waals surface area contributed by atoms with Gasteiger partial charge >= 0.3 is 13.9 Å². The minimum Gasteiger partial charge on any atom is -0.492 e. The molecule has 5 rings (SSSR count). The minimum absolute atomic E-state index is 0.0594. The first kappa shape index (κ1) is 36.4. The van der Waals surface area contributed by atoms with Crippen LogP contribution in [0.3, 0.4) is 0 Å². The maximum atomic E-state index is 12.7. The van der Waals surface area contributed by atoms with E-state index in [-0.39, 0.29) is 25.6 Å². The number of hydrogen-bond donors (Lipinski definition) is 1. The molecule has 258 valence electrons. The highest BCUT2D eigenvalue weighted by Gasteiger charge is 2.23. The zero-order chi connectivity index (χ0) is 35.2. The SMILES string of the molecule is CN(CCOc1ccc(C(=C(CCCl)c2ccccc2)c2ccc(OP(=O)(O)OCc3ccccc3)cc2)cc1)C(=O)OCc1ccccc1. The Hall–Kier alpha value is -4.85. The second kappa shape index (κ2) is 18.2. The highest BCUT2D eigenvalue weighted by Crippen LogP contribution is 2.45. The number of rotatable bonds is 16. The molecule has 0 saturated heterocycles. The van der Waals surface area contributed by atoms with Crippen molar-refractivity contribution in [2.24, 2.45) is 0 Å². The van der Waals surface area contributed by atoms with Gasteiger partial charge in [-0.05, 0) is 69.6 Å². The lowest BCUT2D eigenvalue weighted by atomic mass is 9.88. The van der Waals surface area contributed by atoms with Crippen molar-refractivity contribution < 1.29 is 32.8 Å². The van der Waals surface area contributed by atoms with Crippen molar-refractivity contribution in [1.82, 2.24) is 4.90 Å². The molecule has 1 unspecified atom stereocenters. The zero-order valence-corrected chi connectivity index (χ0v) is 29.3. The summed E-state index contributed by atoms with van der Waals surface area (Å²) in [6.07, 6.45) is 0.178. The molecular formula is C40H39ClNO7P. The molecule has 8 nitrogen and oxygen atoms in total. The van der Waals surface area contributed by atoms with Gasteiger partial charge < -0.3 is 18.9 Å². The third-order valence-corrected chi connectivity index (χ3v) is 8.81. The molecular weight excluding hydrogens is 673 g/mol. The molecule has 10 heteroatoms. The van der Waals surface area contributed by atoms with Gasteiger partial charge in [-0.2, -0.15) is 0 Å². The number of phosphoric acid groups is 1. The fourth-order valence-electron chi connectivity index (χ4n) is 5.17. The van der Waals surface area contributed by atoms with Crippen LogP contribution >= 0.6 is 19.4 Å². The summed E-state index contributed by atoms with van der Waals surface area (Å²) < 4.78 is 34.6. The standard InChI is InChI=1S/C40H39ClNO7P/c1-42(40(43)47-29-31-11-5-2-6-12-31)27-28-46-36-21-17-34(18-22-36)39(38(25-26-41)33-15-9-4-10-16-33)35-19-23-37(24-20-35)49-50(44,45)48-30-32-13-7-3-8-14-32/h2-24H,25-30H2,1H3,(H,44,45). The van der Waals surface area contributed by atoms with Crippen LogP contribution in [0.4, 0.5) is 4.79 Å². The molecule has 0 heterocycles. The number of likely N-dealkylation sites (N-methyl/N-ethyl adjacent to an activating group) is 1. The normalized spacial score (nSPS) is 12.7. The van der Waals surface area contributed by atoms with Crippen LogP contribution in [0.25, 0.3) is 11.1 Å². The highest BCUT2D eigenvalue weighted by atomic mass is 35.5. The van der Waals surface area contributed by atoms with Gasteiger partial charge in [-0.3, -0.25) is 9.42 Å². The van der Waals surface area contributed by atoms with Crippen molar-refractivity contribution in [1.29, 1.82) is 0 Å². The third-order valence-electron chi connectivity index (χ3n) is 7.72. The fraction of sp³-hybridized carbons (Fsp3) is 0.175. The lowest BCUT2D eigenvalue weighted by Crippen LogP contribution is -2.31. The summed E-state index contributed by atoms with van der Waals surface area (Å²) in [6.45, 7) is 0.779. The van der Waals surface area contributed by atoms with E-state index in [1.54, 1.807) is 31.3 Å². The Morgan fingerprint density at radius 3 is 1.78 bits per heavy atom. The van der Waals surface area contributed by atoms with Crippen molar-refractivity contribution >= 4 is 36.7 Å². The monoisotopic (exact) mass is 711 g/mol. The van der Waals surface area contributed by atoms with Crippen LogP contribution in [-0.2, 0) is 27.0 Å². The van der Waals surface area contributed by atoms with Gasteiger partial charge in [-0.1, -0.05) is 115 Å². The molecule has 0 aliphatic heterocycles. The zero-order valence-electron chi connectivity index (χ0n) is 27.7. The van der Waals surface area contributed by atoms with E-state index >= 15 is 0 Å². The number of amides is 1. The second-order valence-corrected chi connectivity index (χ2v) is 13.1. The smallest absolute Gasteiger partial charge is 0.492 e. The summed E-state index contributed by atoms with van der Waals surface area (Å²) in [5.41, 5.74) is 6.48. The van der Waals surface area contributed by atoms with E-state index in [4.69, 9.17) is 30.1 Å². The number of carbonyl (C=O) groups excluding carboxylic acids is 1. The summed E-state index contributed by atoms with van der Waals surface area (Å²) in [5.74, 6) is 1.25. The predicted octanol–water partition coefficient (Wildman–Crippen LogP) is 9.62. The molecule has 5 aromatic rings. The quantitative estimate of drug-likeness (QED) is 0.0619. The highest BCUT2D eigenvalue weighted by molar-refractivity contribution is 7.47. The topological polar surface area (TPSA) is 94.5 Å². The average molecular weight is 712 g/mol. The maximum absolute atomic E-state index is 12.7. The summed E-state index contributed by atoms with van der Waals surface area (Å²) in [5, 5.41) is 0. The third kappa shape index (κ3) is 10.8. The minimum atomic E-state index is -4.37. The van der Waals surface area contributed by atoms with Gasteiger partial charge in [0.15, 0.2) is 0 Å². The predicted molar refractivity (Wildman–Crippen MR) is 197 cm³/mol. The Morgan fingerprint density at radius 2 is 1.22 bits per heavy atom. The van der Waals surface area contributed by atoms with Gasteiger partial charge in [-0.15, -0.1) is 11.6 Å². The van der Waals surface area contributed by atoms with E-state index < -0.39 is 13.9 Å². The van der Waals surface area contributed by atoms with Crippen LogP contribution in [0.15, 0.2) is 140 Å². The molecule has 1 amide bonds. The second-order valence-electron chi connectivity index (χ2n) is 11.3. The number of phosphoric ester groups is 1. The number of hydrogen-bond acceptors (Lipinski definition) is 6. The number of carbonyl (C=O) groups is 1. The molecule has 0 aliphatic rings. The first-order valence-electron chi connectivity index (χ1n) is 16.1. The van der Waals surface area contributed by atoms with E-state index in [1.165, 1.54) is 4.90 Å². The van der Waals surface area contributed by atoms with Gasteiger partial charge in [-0.25, -0.2) is 9.36 Å². The molecule has 1 atom stereocenters. The summed E-state index contributed by atoms with van der Waals surface area (Å²) >= 11 is 6.33. The summed E-state index contributed by atoms with van der Waals surface area (Å²) in [6, 6.07) is 43.4. The average Bonchev–Trinajstić information content (AvgIpc) is 3.15. The van der Waals surface area contributed by atoms with E-state index in [9.17, 15) is 14.3 Å². The van der Waals surface area contributed by atoms with Gasteiger partial charge in [0.05, 0.1) is 13.2 Å². The molecule has 0 aliphatic carbocycles. The molecule has 0 spiro atoms. The van der Waals surface area contributed by atoms with E-state index in [1.807, 2.05) is 115 Å². The maximum Gasteiger partial charge on any atom is 0.527 e. The lowest BCUT2D eigenvalue weighted by molar-refractivity contribution is 0.0994. The van der Waals surface area contributed by atoms with E-state index in [0.717, 1.165) is 39.0 Å². The van der Waals surface area contributed by atoms with Crippen molar-refractivity contribution in [2.75, 3.05) is 26.1 Å². The Morgan fingerprint density at radius 1 is 0.700 bits per heavy atom.